The summed E-state index contributed by atoms with van der Waals surface area (Å²) in [6.45, 7) is 6.43. The van der Waals surface area contributed by atoms with Gasteiger partial charge in [-0.15, -0.1) is 0 Å². The van der Waals surface area contributed by atoms with Crippen molar-refractivity contribution >= 4 is 17.9 Å². The molecule has 0 aromatic rings. The first-order valence-corrected chi connectivity index (χ1v) is 30.0. The van der Waals surface area contributed by atoms with Gasteiger partial charge < -0.3 is 14.2 Å². The van der Waals surface area contributed by atoms with Gasteiger partial charge in [-0.2, -0.15) is 0 Å². The Morgan fingerprint density at radius 1 is 0.288 bits per heavy atom. The third-order valence-electron chi connectivity index (χ3n) is 12.4. The van der Waals surface area contributed by atoms with Gasteiger partial charge >= 0.3 is 17.9 Å². The second kappa shape index (κ2) is 60.4. The van der Waals surface area contributed by atoms with Crippen LogP contribution in [0.1, 0.15) is 265 Å². The summed E-state index contributed by atoms with van der Waals surface area (Å²) in [6, 6.07) is 0. The number of esters is 3. The van der Waals surface area contributed by atoms with Crippen molar-refractivity contribution in [1.82, 2.24) is 0 Å². The maximum atomic E-state index is 12.9. The largest absolute Gasteiger partial charge is 0.462 e. The van der Waals surface area contributed by atoms with E-state index in [1.165, 1.54) is 96.3 Å². The molecule has 0 aromatic heterocycles. The van der Waals surface area contributed by atoms with E-state index in [0.717, 1.165) is 128 Å². The monoisotopic (exact) mass is 1010 g/mol. The van der Waals surface area contributed by atoms with Gasteiger partial charge in [-0.1, -0.05) is 232 Å². The van der Waals surface area contributed by atoms with Crippen LogP contribution in [0.5, 0.6) is 0 Å². The van der Waals surface area contributed by atoms with E-state index in [0.29, 0.717) is 19.3 Å². The lowest BCUT2D eigenvalue weighted by atomic mass is 10.1. The second-order valence-electron chi connectivity index (χ2n) is 19.5. The molecule has 414 valence electrons. The third kappa shape index (κ3) is 58.6. The lowest BCUT2D eigenvalue weighted by molar-refractivity contribution is -0.167. The van der Waals surface area contributed by atoms with Crippen molar-refractivity contribution in [1.29, 1.82) is 0 Å². The molecule has 0 aromatic carbocycles. The van der Waals surface area contributed by atoms with E-state index in [1.54, 1.807) is 0 Å². The molecule has 0 unspecified atom stereocenters. The first-order valence-electron chi connectivity index (χ1n) is 30.0. The molecular formula is C67H110O6. The van der Waals surface area contributed by atoms with Crippen LogP contribution < -0.4 is 0 Å². The Hall–Kier alpha value is -4.19. The van der Waals surface area contributed by atoms with Gasteiger partial charge in [0.25, 0.3) is 0 Å². The molecule has 0 amide bonds. The fraction of sp³-hybridized carbons (Fsp3) is 0.657. The first-order chi connectivity index (χ1) is 36.0. The maximum Gasteiger partial charge on any atom is 0.306 e. The van der Waals surface area contributed by atoms with Crippen molar-refractivity contribution in [3.8, 4) is 0 Å². The average molecular weight is 1010 g/mol. The van der Waals surface area contributed by atoms with Crippen molar-refractivity contribution < 1.29 is 28.6 Å². The minimum atomic E-state index is -0.810. The molecule has 0 fully saturated rings. The van der Waals surface area contributed by atoms with Gasteiger partial charge in [-0.05, 0) is 135 Å². The number of carbonyl (C=O) groups excluding carboxylic acids is 3. The Bertz CT molecular complexity index is 1540. The number of carbonyl (C=O) groups is 3. The van der Waals surface area contributed by atoms with Crippen LogP contribution in [0.2, 0.25) is 0 Å². The standard InChI is InChI=1S/C67H110O6/c1-4-7-10-13-16-19-22-25-28-31-33-36-38-41-44-47-50-53-56-59-65(68)71-62-64(73-67(70)61-58-55-52-49-46-43-40-35-30-27-24-21-18-15-12-9-6-3)63-72-66(69)60-57-54-51-48-45-42-39-37-34-32-29-26-23-20-17-14-11-8-5-2/h7,10,16-21,25-30,33,36,40-41,43-44,64H,4-6,8-9,11-15,22-24,31-32,34-35,37-39,42,45-63H2,1-3H3/b10-7-,19-16-,20-17-,21-18-,28-25-,29-26-,30-27-,36-33-,43-40-,44-41-/t64-/m1/s1. The Kier molecular flexibility index (Phi) is 56.9. The Morgan fingerprint density at radius 3 is 0.849 bits per heavy atom. The van der Waals surface area contributed by atoms with E-state index in [-0.39, 0.29) is 31.1 Å². The van der Waals surface area contributed by atoms with Crippen LogP contribution in [0, 0.1) is 0 Å². The zero-order valence-corrected chi connectivity index (χ0v) is 47.4. The average Bonchev–Trinajstić information content (AvgIpc) is 3.39. The van der Waals surface area contributed by atoms with E-state index in [4.69, 9.17) is 14.2 Å². The lowest BCUT2D eigenvalue weighted by Crippen LogP contribution is -2.30. The second-order valence-corrected chi connectivity index (χ2v) is 19.5. The third-order valence-corrected chi connectivity index (χ3v) is 12.4. The number of ether oxygens (including phenoxy) is 3. The molecular weight excluding hydrogens is 901 g/mol. The molecule has 6 heteroatoms. The Morgan fingerprint density at radius 2 is 0.534 bits per heavy atom. The highest BCUT2D eigenvalue weighted by Gasteiger charge is 2.19. The van der Waals surface area contributed by atoms with Gasteiger partial charge in [0.15, 0.2) is 6.10 Å². The zero-order chi connectivity index (χ0) is 52.9. The summed E-state index contributed by atoms with van der Waals surface area (Å²) in [4.78, 5) is 38.3. The Labute approximate surface area is 450 Å². The molecule has 0 aliphatic rings. The molecule has 0 aliphatic carbocycles. The summed E-state index contributed by atoms with van der Waals surface area (Å²) in [6.07, 6.45) is 83.3. The smallest absolute Gasteiger partial charge is 0.306 e. The van der Waals surface area contributed by atoms with Gasteiger partial charge in [0.05, 0.1) is 0 Å². The summed E-state index contributed by atoms with van der Waals surface area (Å²) < 4.78 is 16.9. The van der Waals surface area contributed by atoms with Gasteiger partial charge in [0, 0.05) is 19.3 Å². The van der Waals surface area contributed by atoms with Crippen LogP contribution in [0.3, 0.4) is 0 Å². The van der Waals surface area contributed by atoms with Crippen LogP contribution in [0.4, 0.5) is 0 Å². The van der Waals surface area contributed by atoms with Crippen molar-refractivity contribution in [2.24, 2.45) is 0 Å². The quantitative estimate of drug-likeness (QED) is 0.0261. The van der Waals surface area contributed by atoms with Crippen molar-refractivity contribution in [2.75, 3.05) is 13.2 Å². The van der Waals surface area contributed by atoms with E-state index >= 15 is 0 Å². The van der Waals surface area contributed by atoms with Crippen LogP contribution in [-0.4, -0.2) is 37.2 Å². The van der Waals surface area contributed by atoms with Gasteiger partial charge in [-0.3, -0.25) is 14.4 Å². The lowest BCUT2D eigenvalue weighted by Gasteiger charge is -2.18. The van der Waals surface area contributed by atoms with E-state index in [9.17, 15) is 14.4 Å². The Balaban J connectivity index is 4.50. The maximum absolute atomic E-state index is 12.9. The fourth-order valence-corrected chi connectivity index (χ4v) is 7.92. The molecule has 0 bridgehead atoms. The molecule has 0 heterocycles. The van der Waals surface area contributed by atoms with Gasteiger partial charge in [-0.25, -0.2) is 0 Å². The van der Waals surface area contributed by atoms with Crippen LogP contribution in [0.15, 0.2) is 122 Å². The minimum Gasteiger partial charge on any atom is -0.462 e. The summed E-state index contributed by atoms with van der Waals surface area (Å²) in [5.74, 6) is -0.961. The topological polar surface area (TPSA) is 78.9 Å². The SMILES string of the molecule is CC/C=C\C/C=C\C/C=C\C/C=C\C/C=C\CCCCCC(=O)OC[C@H](COC(=O)CCCCCCCCCCC/C=C\C/C=C\CCCCC)OC(=O)CCCCCC/C=C\C/C=C\C/C=C\CCCCC. The number of hydrogen-bond donors (Lipinski definition) is 0. The highest BCUT2D eigenvalue weighted by molar-refractivity contribution is 5.71. The molecule has 0 radical (unpaired) electrons. The molecule has 1 atom stereocenters. The summed E-state index contributed by atoms with van der Waals surface area (Å²) in [5, 5.41) is 0. The zero-order valence-electron chi connectivity index (χ0n) is 47.4. The van der Waals surface area contributed by atoms with E-state index < -0.39 is 6.10 Å². The highest BCUT2D eigenvalue weighted by Crippen LogP contribution is 2.14. The number of hydrogen-bond acceptors (Lipinski definition) is 6. The normalized spacial score (nSPS) is 13.0. The van der Waals surface area contributed by atoms with Crippen LogP contribution in [0.25, 0.3) is 0 Å². The van der Waals surface area contributed by atoms with Gasteiger partial charge in [0.1, 0.15) is 13.2 Å². The minimum absolute atomic E-state index is 0.103. The van der Waals surface area contributed by atoms with Crippen LogP contribution >= 0.6 is 0 Å². The van der Waals surface area contributed by atoms with Crippen molar-refractivity contribution in [3.05, 3.63) is 122 Å². The fourth-order valence-electron chi connectivity index (χ4n) is 7.92. The van der Waals surface area contributed by atoms with Gasteiger partial charge in [0.2, 0.25) is 0 Å². The van der Waals surface area contributed by atoms with Crippen molar-refractivity contribution in [2.45, 2.75) is 271 Å². The predicted octanol–water partition coefficient (Wildman–Crippen LogP) is 20.4. The number of unbranched alkanes of at least 4 members (excludes halogenated alkanes) is 22. The highest BCUT2D eigenvalue weighted by atomic mass is 16.6. The summed E-state index contributed by atoms with van der Waals surface area (Å²) >= 11 is 0. The first kappa shape index (κ1) is 68.8. The molecule has 0 aliphatic heterocycles. The molecule has 0 N–H and O–H groups in total. The number of rotatable bonds is 53. The molecule has 6 nitrogen and oxygen atoms in total. The molecule has 73 heavy (non-hydrogen) atoms. The predicted molar refractivity (Wildman–Crippen MR) is 316 cm³/mol. The molecule has 0 spiro atoms. The summed E-state index contributed by atoms with van der Waals surface area (Å²) in [5.41, 5.74) is 0. The molecule has 0 rings (SSSR count). The van der Waals surface area contributed by atoms with E-state index in [2.05, 4.69) is 142 Å². The number of allylic oxidation sites excluding steroid dienone is 20. The molecule has 0 saturated carbocycles. The van der Waals surface area contributed by atoms with Crippen LogP contribution in [-0.2, 0) is 28.6 Å². The van der Waals surface area contributed by atoms with Crippen molar-refractivity contribution in [3.63, 3.8) is 0 Å². The summed E-state index contributed by atoms with van der Waals surface area (Å²) in [7, 11) is 0. The van der Waals surface area contributed by atoms with E-state index in [1.807, 2.05) is 0 Å². The molecule has 0 saturated heterocycles.